The van der Waals surface area contributed by atoms with Crippen molar-refractivity contribution in [2.24, 2.45) is 0 Å². The average molecular weight is 797 g/mol. The minimum absolute atomic E-state index is 0.0407. The van der Waals surface area contributed by atoms with E-state index >= 15 is 0 Å². The van der Waals surface area contributed by atoms with Crippen LogP contribution in [0.1, 0.15) is 174 Å². The summed E-state index contributed by atoms with van der Waals surface area (Å²) >= 11 is 0. The summed E-state index contributed by atoms with van der Waals surface area (Å²) in [5, 5.41) is 18.3. The second-order valence-corrected chi connectivity index (χ2v) is 15.8. The molecule has 0 aromatic heterocycles. The van der Waals surface area contributed by atoms with Crippen LogP contribution in [0, 0.1) is 0 Å². The molecular formula is C45H81O9P. The van der Waals surface area contributed by atoms with Crippen LogP contribution in [0.3, 0.4) is 0 Å². The molecule has 0 aliphatic carbocycles. The molecule has 55 heavy (non-hydrogen) atoms. The van der Waals surface area contributed by atoms with Crippen molar-refractivity contribution in [1.29, 1.82) is 0 Å². The molecule has 320 valence electrons. The van der Waals surface area contributed by atoms with Gasteiger partial charge in [-0.3, -0.25) is 13.8 Å². The van der Waals surface area contributed by atoms with Crippen LogP contribution in [0.4, 0.5) is 0 Å². The normalized spacial score (nSPS) is 14.6. The van der Waals surface area contributed by atoms with Gasteiger partial charge in [-0.05, 0) is 57.8 Å². The van der Waals surface area contributed by atoms with Gasteiger partial charge >= 0.3 is 13.8 Å². The van der Waals surface area contributed by atoms with Gasteiger partial charge in [0.25, 0.3) is 0 Å². The maximum Gasteiger partial charge on any atom is 0.472 e. The lowest BCUT2D eigenvalue weighted by Gasteiger charge is -2.20. The molecule has 9 nitrogen and oxygen atoms in total. The lowest BCUT2D eigenvalue weighted by atomic mass is 10.0. The molecule has 0 aliphatic rings. The summed E-state index contributed by atoms with van der Waals surface area (Å²) in [5.74, 6) is -0.402. The van der Waals surface area contributed by atoms with Gasteiger partial charge in [0.05, 0.1) is 26.4 Å². The topological polar surface area (TPSA) is 132 Å². The second-order valence-electron chi connectivity index (χ2n) is 14.3. The lowest BCUT2D eigenvalue weighted by Crippen LogP contribution is -2.29. The van der Waals surface area contributed by atoms with Crippen LogP contribution >= 0.6 is 7.82 Å². The monoisotopic (exact) mass is 797 g/mol. The molecule has 3 unspecified atom stereocenters. The zero-order valence-electron chi connectivity index (χ0n) is 34.9. The number of carbonyl (C=O) groups is 1. The van der Waals surface area contributed by atoms with Crippen LogP contribution in [-0.2, 0) is 27.9 Å². The Hall–Kier alpha value is -1.84. The number of rotatable bonds is 41. The molecule has 0 radical (unpaired) electrons. The first-order chi connectivity index (χ1) is 26.8. The van der Waals surface area contributed by atoms with Crippen molar-refractivity contribution in [3.05, 3.63) is 60.8 Å². The SMILES string of the molecule is CC/C=C\C/C=C\C/C=C\C/C=C\C/C=C\CCCCCCCC(=O)OC(COCCCCCCCCCCCCCCC)COP(=O)(O)OCC(O)CO. The summed E-state index contributed by atoms with van der Waals surface area (Å²) in [7, 11) is -4.52. The number of esters is 1. The van der Waals surface area contributed by atoms with E-state index in [4.69, 9.17) is 23.6 Å². The molecule has 0 aromatic rings. The number of phosphoric ester groups is 1. The van der Waals surface area contributed by atoms with Crippen LogP contribution in [0.15, 0.2) is 60.8 Å². The predicted molar refractivity (Wildman–Crippen MR) is 228 cm³/mol. The first-order valence-corrected chi connectivity index (χ1v) is 23.3. The minimum atomic E-state index is -4.52. The molecule has 0 saturated carbocycles. The van der Waals surface area contributed by atoms with E-state index in [0.717, 1.165) is 83.5 Å². The first-order valence-electron chi connectivity index (χ1n) is 21.8. The fraction of sp³-hybridized carbons (Fsp3) is 0.756. The van der Waals surface area contributed by atoms with Crippen molar-refractivity contribution < 1.29 is 43.0 Å². The highest BCUT2D eigenvalue weighted by Crippen LogP contribution is 2.43. The number of aliphatic hydroxyl groups excluding tert-OH is 2. The van der Waals surface area contributed by atoms with E-state index in [1.54, 1.807) is 0 Å². The Balaban J connectivity index is 4.21. The summed E-state index contributed by atoms with van der Waals surface area (Å²) < 4.78 is 33.3. The number of hydrogen-bond donors (Lipinski definition) is 3. The first kappa shape index (κ1) is 53.2. The van der Waals surface area contributed by atoms with Crippen LogP contribution < -0.4 is 0 Å². The molecule has 0 heterocycles. The Morgan fingerprint density at radius 2 is 1.04 bits per heavy atom. The van der Waals surface area contributed by atoms with Gasteiger partial charge in [-0.2, -0.15) is 0 Å². The highest BCUT2D eigenvalue weighted by atomic mass is 31.2. The van der Waals surface area contributed by atoms with Gasteiger partial charge in [0.15, 0.2) is 0 Å². The molecule has 0 spiro atoms. The minimum Gasteiger partial charge on any atom is -0.457 e. The molecule has 3 atom stereocenters. The largest absolute Gasteiger partial charge is 0.472 e. The van der Waals surface area contributed by atoms with Crippen LogP contribution in [0.5, 0.6) is 0 Å². The highest BCUT2D eigenvalue weighted by molar-refractivity contribution is 7.47. The smallest absolute Gasteiger partial charge is 0.457 e. The van der Waals surface area contributed by atoms with E-state index in [9.17, 15) is 19.4 Å². The molecule has 0 rings (SSSR count). The zero-order valence-corrected chi connectivity index (χ0v) is 35.8. The third kappa shape index (κ3) is 41.6. The number of phosphoric acid groups is 1. The van der Waals surface area contributed by atoms with Crippen molar-refractivity contribution in [3.63, 3.8) is 0 Å². The van der Waals surface area contributed by atoms with Gasteiger partial charge in [-0.1, -0.05) is 171 Å². The van der Waals surface area contributed by atoms with Gasteiger partial charge < -0.3 is 24.6 Å². The second kappa shape index (κ2) is 41.8. The third-order valence-corrected chi connectivity index (χ3v) is 9.92. The summed E-state index contributed by atoms with van der Waals surface area (Å²) in [4.78, 5) is 22.6. The van der Waals surface area contributed by atoms with Crippen molar-refractivity contribution in [2.75, 3.05) is 33.0 Å². The third-order valence-electron chi connectivity index (χ3n) is 8.97. The maximum atomic E-state index is 12.6. The number of ether oxygens (including phenoxy) is 2. The molecule has 0 aromatic carbocycles. The Bertz CT molecular complexity index is 1040. The van der Waals surface area contributed by atoms with Gasteiger partial charge in [-0.25, -0.2) is 4.57 Å². The van der Waals surface area contributed by atoms with E-state index < -0.39 is 39.2 Å². The fourth-order valence-electron chi connectivity index (χ4n) is 5.68. The van der Waals surface area contributed by atoms with Crippen molar-refractivity contribution in [1.82, 2.24) is 0 Å². The molecule has 3 N–H and O–H groups in total. The van der Waals surface area contributed by atoms with Gasteiger partial charge in [0.1, 0.15) is 12.2 Å². The maximum absolute atomic E-state index is 12.6. The van der Waals surface area contributed by atoms with Gasteiger partial charge in [0.2, 0.25) is 0 Å². The van der Waals surface area contributed by atoms with E-state index in [0.29, 0.717) is 13.0 Å². The van der Waals surface area contributed by atoms with Gasteiger partial charge in [-0.15, -0.1) is 0 Å². The van der Waals surface area contributed by atoms with E-state index in [-0.39, 0.29) is 19.6 Å². The summed E-state index contributed by atoms with van der Waals surface area (Å²) in [6.07, 6.45) is 47.4. The molecule has 10 heteroatoms. The summed E-state index contributed by atoms with van der Waals surface area (Å²) in [5.41, 5.74) is 0. The summed E-state index contributed by atoms with van der Waals surface area (Å²) in [6, 6.07) is 0. The quantitative estimate of drug-likeness (QED) is 0.0239. The van der Waals surface area contributed by atoms with Crippen LogP contribution in [-0.4, -0.2) is 66.3 Å². The molecule has 0 bridgehead atoms. The lowest BCUT2D eigenvalue weighted by molar-refractivity contribution is -0.154. The average Bonchev–Trinajstić information content (AvgIpc) is 3.18. The number of allylic oxidation sites excluding steroid dienone is 10. The predicted octanol–water partition coefficient (Wildman–Crippen LogP) is 12.0. The standard InChI is InChI=1S/C45H81O9P/c1-3-5-7-9-11-13-15-17-18-19-20-21-22-23-24-25-27-29-31-33-35-37-45(48)54-44(42-53-55(49,50)52-40-43(47)39-46)41-51-38-36-34-32-30-28-26-16-14-12-10-8-6-4-2/h5,7,11,13,17-18,20-21,23-24,43-44,46-47H,3-4,6,8-10,12,14-16,19,22,25-42H2,1-2H3,(H,49,50)/b7-5-,13-11-,18-17-,21-20-,24-23-. The molecule has 0 fully saturated rings. The molecule has 0 saturated heterocycles. The zero-order chi connectivity index (χ0) is 40.3. The number of unbranched alkanes of at least 4 members (excludes halogenated alkanes) is 17. The van der Waals surface area contributed by atoms with Crippen molar-refractivity contribution in [2.45, 2.75) is 187 Å². The van der Waals surface area contributed by atoms with Crippen LogP contribution in [0.2, 0.25) is 0 Å². The Kier molecular flexibility index (Phi) is 40.4. The Morgan fingerprint density at radius 1 is 0.582 bits per heavy atom. The van der Waals surface area contributed by atoms with E-state index in [1.165, 1.54) is 64.2 Å². The molecule has 0 aliphatic heterocycles. The number of aliphatic hydroxyl groups is 2. The van der Waals surface area contributed by atoms with Crippen molar-refractivity contribution in [3.8, 4) is 0 Å². The van der Waals surface area contributed by atoms with Crippen LogP contribution in [0.25, 0.3) is 0 Å². The highest BCUT2D eigenvalue weighted by Gasteiger charge is 2.26. The van der Waals surface area contributed by atoms with E-state index in [2.05, 4.69) is 74.6 Å². The molecular weight excluding hydrogens is 715 g/mol. The van der Waals surface area contributed by atoms with Crippen molar-refractivity contribution >= 4 is 13.8 Å². The fourth-order valence-corrected chi connectivity index (χ4v) is 6.47. The van der Waals surface area contributed by atoms with E-state index in [1.807, 2.05) is 0 Å². The number of hydrogen-bond acceptors (Lipinski definition) is 8. The van der Waals surface area contributed by atoms with Gasteiger partial charge in [0, 0.05) is 13.0 Å². The Labute approximate surface area is 336 Å². The molecule has 0 amide bonds. The Morgan fingerprint density at radius 3 is 1.56 bits per heavy atom. The number of carbonyl (C=O) groups excluding carboxylic acids is 1. The summed E-state index contributed by atoms with van der Waals surface area (Å²) in [6.45, 7) is 3.38.